The maximum atomic E-state index is 12.9. The summed E-state index contributed by atoms with van der Waals surface area (Å²) in [5.41, 5.74) is 3.51. The highest BCUT2D eigenvalue weighted by Crippen LogP contribution is 2.50. The summed E-state index contributed by atoms with van der Waals surface area (Å²) in [5.74, 6) is -0.00967. The maximum absolute atomic E-state index is 12.9. The van der Waals surface area contributed by atoms with Crippen molar-refractivity contribution in [2.75, 3.05) is 0 Å². The van der Waals surface area contributed by atoms with Gasteiger partial charge in [0.05, 0.1) is 10.1 Å². The van der Waals surface area contributed by atoms with Crippen LogP contribution >= 0.6 is 0 Å². The largest absolute Gasteiger partial charge is 0.223 e. The van der Waals surface area contributed by atoms with Crippen LogP contribution in [0.4, 0.5) is 0 Å². The van der Waals surface area contributed by atoms with E-state index in [0.717, 1.165) is 12.0 Å². The first kappa shape index (κ1) is 13.3. The van der Waals surface area contributed by atoms with Crippen LogP contribution < -0.4 is 0 Å². The Hall–Kier alpha value is -2.13. The molecule has 114 valence electrons. The Kier molecular flexibility index (Phi) is 2.58. The van der Waals surface area contributed by atoms with Crippen LogP contribution in [0.1, 0.15) is 29.0 Å². The number of sulfone groups is 1. The minimum absolute atomic E-state index is 0.00967. The molecule has 1 heterocycles. The SMILES string of the molecule is O=S1(=O)c2ccccc2C2c3ccc4ccccc4c3CCC21. The third kappa shape index (κ3) is 1.66. The van der Waals surface area contributed by atoms with E-state index in [2.05, 4.69) is 36.4 Å². The van der Waals surface area contributed by atoms with Gasteiger partial charge in [0.15, 0.2) is 9.84 Å². The Morgan fingerprint density at radius 1 is 0.826 bits per heavy atom. The van der Waals surface area contributed by atoms with Crippen LogP contribution in [0.3, 0.4) is 0 Å². The van der Waals surface area contributed by atoms with Gasteiger partial charge in [0.2, 0.25) is 0 Å². The van der Waals surface area contributed by atoms with Crippen LogP contribution in [0.5, 0.6) is 0 Å². The Labute approximate surface area is 135 Å². The van der Waals surface area contributed by atoms with E-state index in [1.54, 1.807) is 6.07 Å². The van der Waals surface area contributed by atoms with Crippen molar-refractivity contribution in [3.63, 3.8) is 0 Å². The van der Waals surface area contributed by atoms with Gasteiger partial charge in [0, 0.05) is 5.92 Å². The summed E-state index contributed by atoms with van der Waals surface area (Å²) in [4.78, 5) is 0.538. The lowest BCUT2D eigenvalue weighted by atomic mass is 9.77. The van der Waals surface area contributed by atoms with Crippen molar-refractivity contribution in [3.05, 3.63) is 77.4 Å². The highest BCUT2D eigenvalue weighted by Gasteiger charge is 2.47. The van der Waals surface area contributed by atoms with Gasteiger partial charge in [-0.3, -0.25) is 0 Å². The van der Waals surface area contributed by atoms with Crippen molar-refractivity contribution < 1.29 is 8.42 Å². The van der Waals surface area contributed by atoms with Crippen LogP contribution in [0.15, 0.2) is 65.6 Å². The van der Waals surface area contributed by atoms with Gasteiger partial charge in [-0.25, -0.2) is 8.42 Å². The number of hydrogen-bond acceptors (Lipinski definition) is 2. The number of aryl methyl sites for hydroxylation is 1. The molecule has 1 aliphatic heterocycles. The number of rotatable bonds is 0. The summed E-state index contributed by atoms with van der Waals surface area (Å²) in [6.45, 7) is 0. The van der Waals surface area contributed by atoms with Crippen LogP contribution in [0.25, 0.3) is 10.8 Å². The Bertz CT molecular complexity index is 1050. The van der Waals surface area contributed by atoms with Crippen LogP contribution in [-0.2, 0) is 16.3 Å². The molecule has 0 saturated carbocycles. The van der Waals surface area contributed by atoms with Gasteiger partial charge in [-0.2, -0.15) is 0 Å². The molecule has 0 bridgehead atoms. The monoisotopic (exact) mass is 320 g/mol. The highest BCUT2D eigenvalue weighted by atomic mass is 32.2. The van der Waals surface area contributed by atoms with E-state index in [1.165, 1.54) is 21.9 Å². The van der Waals surface area contributed by atoms with Gasteiger partial charge in [-0.1, -0.05) is 54.6 Å². The molecule has 0 fully saturated rings. The summed E-state index contributed by atoms with van der Waals surface area (Å²) in [6, 6.07) is 20.2. The van der Waals surface area contributed by atoms with E-state index >= 15 is 0 Å². The molecule has 1 aliphatic carbocycles. The third-order valence-electron chi connectivity index (χ3n) is 5.42. The second kappa shape index (κ2) is 4.45. The minimum atomic E-state index is -3.20. The average molecular weight is 320 g/mol. The molecule has 2 nitrogen and oxygen atoms in total. The summed E-state index contributed by atoms with van der Waals surface area (Å²) < 4.78 is 25.8. The fourth-order valence-electron chi connectivity index (χ4n) is 4.44. The van der Waals surface area contributed by atoms with E-state index in [1.807, 2.05) is 18.2 Å². The zero-order chi connectivity index (χ0) is 15.6. The third-order valence-corrected chi connectivity index (χ3v) is 7.71. The molecule has 3 heteroatoms. The van der Waals surface area contributed by atoms with Gasteiger partial charge in [0.25, 0.3) is 0 Å². The highest BCUT2D eigenvalue weighted by molar-refractivity contribution is 7.92. The van der Waals surface area contributed by atoms with Gasteiger partial charge < -0.3 is 0 Å². The maximum Gasteiger partial charge on any atom is 0.182 e. The Morgan fingerprint density at radius 2 is 1.61 bits per heavy atom. The normalized spacial score (nSPS) is 24.0. The molecule has 3 aromatic carbocycles. The van der Waals surface area contributed by atoms with Crippen molar-refractivity contribution in [1.29, 1.82) is 0 Å². The van der Waals surface area contributed by atoms with E-state index in [9.17, 15) is 8.42 Å². The first-order chi connectivity index (χ1) is 11.2. The lowest BCUT2D eigenvalue weighted by molar-refractivity contribution is 0.560. The van der Waals surface area contributed by atoms with E-state index < -0.39 is 9.84 Å². The summed E-state index contributed by atoms with van der Waals surface area (Å²) in [5, 5.41) is 2.21. The molecule has 3 aromatic rings. The van der Waals surface area contributed by atoms with Gasteiger partial charge >= 0.3 is 0 Å². The van der Waals surface area contributed by atoms with Crippen molar-refractivity contribution in [1.82, 2.24) is 0 Å². The Balaban J connectivity index is 1.84. The van der Waals surface area contributed by atoms with Crippen LogP contribution in [-0.4, -0.2) is 13.7 Å². The first-order valence-electron chi connectivity index (χ1n) is 8.01. The van der Waals surface area contributed by atoms with Crippen LogP contribution in [0.2, 0.25) is 0 Å². The van der Waals surface area contributed by atoms with Gasteiger partial charge in [0.1, 0.15) is 0 Å². The second-order valence-electron chi connectivity index (χ2n) is 6.49. The topological polar surface area (TPSA) is 34.1 Å². The van der Waals surface area contributed by atoms with Crippen molar-refractivity contribution in [2.24, 2.45) is 0 Å². The standard InChI is InChI=1S/C20H16O2S/c21-23(22)18-8-4-3-7-17(18)20-16-10-9-13-5-1-2-6-14(13)15(16)11-12-19(20)23/h1-10,19-20H,11-12H2. The fraction of sp³-hybridized carbons (Fsp3) is 0.200. The average Bonchev–Trinajstić information content (AvgIpc) is 2.83. The zero-order valence-corrected chi connectivity index (χ0v) is 13.4. The van der Waals surface area contributed by atoms with Crippen molar-refractivity contribution in [2.45, 2.75) is 28.9 Å². The van der Waals surface area contributed by atoms with Gasteiger partial charge in [-0.15, -0.1) is 0 Å². The molecule has 23 heavy (non-hydrogen) atoms. The van der Waals surface area contributed by atoms with E-state index in [0.29, 0.717) is 11.3 Å². The fourth-order valence-corrected chi connectivity index (χ4v) is 6.64. The minimum Gasteiger partial charge on any atom is -0.223 e. The molecular weight excluding hydrogens is 304 g/mol. The molecule has 0 aromatic heterocycles. The van der Waals surface area contributed by atoms with E-state index in [-0.39, 0.29) is 11.2 Å². The molecule has 2 unspecified atom stereocenters. The molecule has 0 radical (unpaired) electrons. The molecule has 0 N–H and O–H groups in total. The van der Waals surface area contributed by atoms with Gasteiger partial charge in [-0.05, 0) is 46.4 Å². The quantitative estimate of drug-likeness (QED) is 0.625. The predicted molar refractivity (Wildman–Crippen MR) is 91.5 cm³/mol. The first-order valence-corrected chi connectivity index (χ1v) is 9.56. The van der Waals surface area contributed by atoms with Crippen molar-refractivity contribution >= 4 is 20.6 Å². The molecular formula is C20H16O2S. The zero-order valence-electron chi connectivity index (χ0n) is 12.6. The lowest BCUT2D eigenvalue weighted by Gasteiger charge is -2.29. The smallest absolute Gasteiger partial charge is 0.182 e. The molecule has 0 spiro atoms. The summed E-state index contributed by atoms with van der Waals surface area (Å²) in [6.07, 6.45) is 1.55. The summed E-state index contributed by atoms with van der Waals surface area (Å²) in [7, 11) is -3.20. The molecule has 2 aliphatic rings. The number of hydrogen-bond donors (Lipinski definition) is 0. The predicted octanol–water partition coefficient (Wildman–Crippen LogP) is 4.07. The molecule has 0 amide bonds. The number of fused-ring (bicyclic) bond motifs is 7. The van der Waals surface area contributed by atoms with E-state index in [4.69, 9.17) is 0 Å². The molecule has 2 atom stereocenters. The number of benzene rings is 3. The lowest BCUT2D eigenvalue weighted by Crippen LogP contribution is -2.27. The van der Waals surface area contributed by atoms with Crippen molar-refractivity contribution in [3.8, 4) is 0 Å². The Morgan fingerprint density at radius 3 is 2.52 bits per heavy atom. The summed E-state index contributed by atoms with van der Waals surface area (Å²) >= 11 is 0. The molecule has 0 saturated heterocycles. The second-order valence-corrected chi connectivity index (χ2v) is 8.63. The molecule has 5 rings (SSSR count). The van der Waals surface area contributed by atoms with Crippen LogP contribution in [0, 0.1) is 0 Å².